The van der Waals surface area contributed by atoms with Gasteiger partial charge in [0.05, 0.1) is 17.4 Å². The van der Waals surface area contributed by atoms with E-state index in [4.69, 9.17) is 5.11 Å². The summed E-state index contributed by atoms with van der Waals surface area (Å²) in [6, 6.07) is 6.46. The van der Waals surface area contributed by atoms with E-state index in [1.165, 1.54) is 6.20 Å². The van der Waals surface area contributed by atoms with Crippen LogP contribution in [0.4, 0.5) is 10.1 Å². The summed E-state index contributed by atoms with van der Waals surface area (Å²) < 4.78 is 13.1. The number of pyridine rings is 1. The van der Waals surface area contributed by atoms with Crippen LogP contribution in [-0.2, 0) is 0 Å². The largest absolute Gasteiger partial charge is 0.384 e. The van der Waals surface area contributed by atoms with Crippen molar-refractivity contribution in [1.29, 1.82) is 0 Å². The van der Waals surface area contributed by atoms with Gasteiger partial charge < -0.3 is 10.4 Å². The second kappa shape index (κ2) is 6.64. The molecule has 106 valence electrons. The topological polar surface area (TPSA) is 62.2 Å². The third-order valence-corrected chi connectivity index (χ3v) is 2.69. The van der Waals surface area contributed by atoms with Crippen LogP contribution in [0.15, 0.2) is 36.7 Å². The Hall–Kier alpha value is -2.71. The molecule has 1 heterocycles. The first kappa shape index (κ1) is 14.7. The summed E-state index contributed by atoms with van der Waals surface area (Å²) >= 11 is 0. The van der Waals surface area contributed by atoms with E-state index in [0.717, 1.165) is 17.8 Å². The highest BCUT2D eigenvalue weighted by Crippen LogP contribution is 2.18. The number of anilines is 1. The predicted octanol–water partition coefficient (Wildman–Crippen LogP) is 2.13. The number of carbonyl (C=O) groups excluding carboxylic acids is 1. The van der Waals surface area contributed by atoms with Gasteiger partial charge in [0.25, 0.3) is 5.91 Å². The monoisotopic (exact) mass is 284 g/mol. The molecule has 4 nitrogen and oxygen atoms in total. The molecule has 0 atom stereocenters. The van der Waals surface area contributed by atoms with Crippen LogP contribution >= 0.6 is 0 Å². The third-order valence-electron chi connectivity index (χ3n) is 2.69. The second-order valence-electron chi connectivity index (χ2n) is 4.35. The minimum atomic E-state index is -0.577. The fourth-order valence-corrected chi connectivity index (χ4v) is 1.74. The van der Waals surface area contributed by atoms with Crippen molar-refractivity contribution in [2.75, 3.05) is 11.9 Å². The molecule has 2 aromatic rings. The van der Waals surface area contributed by atoms with E-state index in [9.17, 15) is 9.18 Å². The fraction of sp³-hybridized carbons (Fsp3) is 0.125. The summed E-state index contributed by atoms with van der Waals surface area (Å²) in [7, 11) is 0. The van der Waals surface area contributed by atoms with Crippen LogP contribution in [0.1, 0.15) is 21.5 Å². The number of hydrogen-bond donors (Lipinski definition) is 2. The highest BCUT2D eigenvalue weighted by Gasteiger charge is 2.10. The summed E-state index contributed by atoms with van der Waals surface area (Å²) in [5, 5.41) is 11.4. The van der Waals surface area contributed by atoms with Crippen LogP contribution in [-0.4, -0.2) is 22.6 Å². The van der Waals surface area contributed by atoms with Crippen molar-refractivity contribution >= 4 is 11.6 Å². The van der Waals surface area contributed by atoms with Gasteiger partial charge >= 0.3 is 0 Å². The summed E-state index contributed by atoms with van der Waals surface area (Å²) in [6.07, 6.45) is 2.31. The number of hydrogen-bond acceptors (Lipinski definition) is 3. The zero-order chi connectivity index (χ0) is 15.2. The van der Waals surface area contributed by atoms with Gasteiger partial charge in [0.1, 0.15) is 12.4 Å². The first-order valence-corrected chi connectivity index (χ1v) is 6.22. The van der Waals surface area contributed by atoms with Gasteiger partial charge in [-0.3, -0.25) is 9.78 Å². The van der Waals surface area contributed by atoms with Gasteiger partial charge in [0.15, 0.2) is 0 Å². The normalized spacial score (nSPS) is 9.67. The molecule has 0 aliphatic rings. The maximum absolute atomic E-state index is 13.1. The number of amides is 1. The molecule has 0 bridgehead atoms. The molecular formula is C16H13FN2O2. The predicted molar refractivity (Wildman–Crippen MR) is 77.3 cm³/mol. The van der Waals surface area contributed by atoms with Crippen molar-refractivity contribution in [3.63, 3.8) is 0 Å². The fourth-order valence-electron chi connectivity index (χ4n) is 1.74. The number of carbonyl (C=O) groups is 1. The van der Waals surface area contributed by atoms with E-state index >= 15 is 0 Å². The smallest absolute Gasteiger partial charge is 0.257 e. The first-order valence-electron chi connectivity index (χ1n) is 6.22. The van der Waals surface area contributed by atoms with Crippen LogP contribution in [0.25, 0.3) is 0 Å². The molecule has 0 saturated heterocycles. The number of aliphatic hydroxyl groups is 1. The number of halogens is 1. The number of nitrogens with zero attached hydrogens (tertiary/aromatic N) is 1. The standard InChI is InChI=1S/C16H13FN2O2/c1-11-4-5-12(3-2-6-20)15(7-11)19-16(21)13-8-14(17)10-18-9-13/h4-5,7-10,20H,6H2,1H3,(H,19,21). The number of aryl methyl sites for hydroxylation is 1. The summed E-state index contributed by atoms with van der Waals surface area (Å²) in [5.74, 6) is 4.23. The molecule has 1 amide bonds. The maximum Gasteiger partial charge on any atom is 0.257 e. The molecule has 0 unspecified atom stereocenters. The average Bonchev–Trinajstić information content (AvgIpc) is 2.46. The Morgan fingerprint density at radius 3 is 2.90 bits per heavy atom. The molecule has 0 radical (unpaired) electrons. The van der Waals surface area contributed by atoms with Crippen LogP contribution in [0.3, 0.4) is 0 Å². The maximum atomic E-state index is 13.1. The molecule has 1 aromatic heterocycles. The third kappa shape index (κ3) is 3.88. The molecular weight excluding hydrogens is 271 g/mol. The highest BCUT2D eigenvalue weighted by molar-refractivity contribution is 6.04. The molecule has 21 heavy (non-hydrogen) atoms. The lowest BCUT2D eigenvalue weighted by Gasteiger charge is -2.08. The molecule has 0 aliphatic carbocycles. The van der Waals surface area contributed by atoms with Crippen LogP contribution < -0.4 is 5.32 Å². The minimum absolute atomic E-state index is 0.123. The lowest BCUT2D eigenvalue weighted by Crippen LogP contribution is -2.13. The zero-order valence-corrected chi connectivity index (χ0v) is 11.4. The number of rotatable bonds is 2. The van der Waals surface area contributed by atoms with E-state index in [1.807, 2.05) is 13.0 Å². The number of aliphatic hydroxyl groups excluding tert-OH is 1. The molecule has 1 aromatic carbocycles. The van der Waals surface area contributed by atoms with E-state index in [2.05, 4.69) is 22.1 Å². The van der Waals surface area contributed by atoms with Gasteiger partial charge in [-0.2, -0.15) is 0 Å². The van der Waals surface area contributed by atoms with Crippen LogP contribution in [0.2, 0.25) is 0 Å². The average molecular weight is 284 g/mol. The van der Waals surface area contributed by atoms with Crippen molar-refractivity contribution < 1.29 is 14.3 Å². The van der Waals surface area contributed by atoms with E-state index in [1.54, 1.807) is 12.1 Å². The number of benzene rings is 1. The van der Waals surface area contributed by atoms with Gasteiger partial charge in [-0.1, -0.05) is 17.9 Å². The van der Waals surface area contributed by atoms with Crippen LogP contribution in [0.5, 0.6) is 0 Å². The first-order chi connectivity index (χ1) is 10.1. The van der Waals surface area contributed by atoms with Crippen molar-refractivity contribution in [1.82, 2.24) is 4.98 Å². The minimum Gasteiger partial charge on any atom is -0.384 e. The molecule has 0 aliphatic heterocycles. The quantitative estimate of drug-likeness (QED) is 0.830. The zero-order valence-electron chi connectivity index (χ0n) is 11.4. The van der Waals surface area contributed by atoms with Crippen molar-refractivity contribution in [3.05, 3.63) is 59.2 Å². The molecule has 5 heteroatoms. The van der Waals surface area contributed by atoms with Crippen molar-refractivity contribution in [2.45, 2.75) is 6.92 Å². The molecule has 0 fully saturated rings. The summed E-state index contributed by atoms with van der Waals surface area (Å²) in [5.41, 5.74) is 2.15. The van der Waals surface area contributed by atoms with E-state index in [0.29, 0.717) is 11.3 Å². The van der Waals surface area contributed by atoms with Gasteiger partial charge in [0.2, 0.25) is 0 Å². The van der Waals surface area contributed by atoms with Crippen LogP contribution in [0, 0.1) is 24.6 Å². The van der Waals surface area contributed by atoms with Gasteiger partial charge in [-0.25, -0.2) is 4.39 Å². The molecule has 2 rings (SSSR count). The van der Waals surface area contributed by atoms with Gasteiger partial charge in [-0.05, 0) is 30.7 Å². The number of aromatic nitrogens is 1. The molecule has 0 spiro atoms. The van der Waals surface area contributed by atoms with Crippen molar-refractivity contribution in [2.24, 2.45) is 0 Å². The lowest BCUT2D eigenvalue weighted by molar-refractivity contribution is 0.102. The molecule has 0 saturated carbocycles. The second-order valence-corrected chi connectivity index (χ2v) is 4.35. The Balaban J connectivity index is 2.30. The lowest BCUT2D eigenvalue weighted by atomic mass is 10.1. The highest BCUT2D eigenvalue weighted by atomic mass is 19.1. The number of nitrogens with one attached hydrogen (secondary N) is 1. The van der Waals surface area contributed by atoms with Crippen molar-refractivity contribution in [3.8, 4) is 11.8 Å². The Morgan fingerprint density at radius 1 is 1.38 bits per heavy atom. The Labute approximate surface area is 121 Å². The Bertz CT molecular complexity index is 733. The van der Waals surface area contributed by atoms with Gasteiger partial charge in [0, 0.05) is 11.8 Å². The van der Waals surface area contributed by atoms with Gasteiger partial charge in [-0.15, -0.1) is 0 Å². The summed E-state index contributed by atoms with van der Waals surface area (Å²) in [4.78, 5) is 15.7. The Morgan fingerprint density at radius 2 is 2.19 bits per heavy atom. The van der Waals surface area contributed by atoms with E-state index in [-0.39, 0.29) is 12.2 Å². The van der Waals surface area contributed by atoms with E-state index < -0.39 is 11.7 Å². The SMILES string of the molecule is Cc1ccc(C#CCO)c(NC(=O)c2cncc(F)c2)c1. The Kier molecular flexibility index (Phi) is 4.64. The summed E-state index contributed by atoms with van der Waals surface area (Å²) in [6.45, 7) is 1.61. The molecule has 2 N–H and O–H groups in total.